The van der Waals surface area contributed by atoms with Gasteiger partial charge in [0.1, 0.15) is 6.04 Å². The first-order valence-corrected chi connectivity index (χ1v) is 9.61. The van der Waals surface area contributed by atoms with Gasteiger partial charge in [-0.25, -0.2) is 0 Å². The summed E-state index contributed by atoms with van der Waals surface area (Å²) in [4.78, 5) is 16.1. The molecular formula is C18H19Cl2NO2S. The fourth-order valence-electron chi connectivity index (χ4n) is 3.32. The van der Waals surface area contributed by atoms with Crippen LogP contribution in [0.25, 0.3) is 0 Å². The number of rotatable bonds is 5. The summed E-state index contributed by atoms with van der Waals surface area (Å²) < 4.78 is 0. The number of aryl methyl sites for hydroxylation is 1. The molecule has 0 amide bonds. The minimum absolute atomic E-state index is 0.176. The number of carboxylic acid groups (broad SMARTS) is 1. The van der Waals surface area contributed by atoms with Crippen LogP contribution in [0.15, 0.2) is 30.3 Å². The molecule has 0 spiro atoms. The summed E-state index contributed by atoms with van der Waals surface area (Å²) >= 11 is 14.4. The molecule has 1 fully saturated rings. The van der Waals surface area contributed by atoms with Gasteiger partial charge in [0.15, 0.2) is 0 Å². The van der Waals surface area contributed by atoms with Gasteiger partial charge in [-0.05, 0) is 43.0 Å². The Morgan fingerprint density at radius 1 is 1.38 bits per heavy atom. The zero-order valence-electron chi connectivity index (χ0n) is 13.3. The van der Waals surface area contributed by atoms with E-state index in [2.05, 4.69) is 19.1 Å². The van der Waals surface area contributed by atoms with E-state index >= 15 is 0 Å². The largest absolute Gasteiger partial charge is 0.480 e. The minimum Gasteiger partial charge on any atom is -0.480 e. The highest BCUT2D eigenvalue weighted by Crippen LogP contribution is 2.42. The fourth-order valence-corrected chi connectivity index (χ4v) is 4.83. The van der Waals surface area contributed by atoms with Crippen LogP contribution in [0.5, 0.6) is 0 Å². The number of nitrogens with zero attached hydrogens (tertiary/aromatic N) is 1. The molecule has 0 radical (unpaired) electrons. The zero-order chi connectivity index (χ0) is 17.3. The molecule has 24 heavy (non-hydrogen) atoms. The predicted octanol–water partition coefficient (Wildman–Crippen LogP) is 5.26. The lowest BCUT2D eigenvalue weighted by molar-refractivity contribution is -0.142. The summed E-state index contributed by atoms with van der Waals surface area (Å²) in [6.07, 6.45) is 2.50. The minimum atomic E-state index is -0.775. The highest BCUT2D eigenvalue weighted by atomic mass is 35.5. The Morgan fingerprint density at radius 3 is 2.83 bits per heavy atom. The Kier molecular flexibility index (Phi) is 5.50. The summed E-state index contributed by atoms with van der Waals surface area (Å²) in [5.74, 6) is -0.775. The van der Waals surface area contributed by atoms with Gasteiger partial charge in [0.25, 0.3) is 0 Å². The van der Waals surface area contributed by atoms with Crippen LogP contribution in [0.4, 0.5) is 0 Å². The second-order valence-electron chi connectivity index (χ2n) is 5.94. The average Bonchev–Trinajstić information content (AvgIpc) is 3.21. The number of aliphatic carboxylic acids is 1. The van der Waals surface area contributed by atoms with Gasteiger partial charge in [0, 0.05) is 16.3 Å². The Hall–Kier alpha value is -1.07. The van der Waals surface area contributed by atoms with Crippen molar-refractivity contribution in [3.05, 3.63) is 55.7 Å². The van der Waals surface area contributed by atoms with E-state index in [-0.39, 0.29) is 6.04 Å². The van der Waals surface area contributed by atoms with Crippen molar-refractivity contribution < 1.29 is 9.90 Å². The number of benzene rings is 1. The van der Waals surface area contributed by atoms with Crippen LogP contribution < -0.4 is 0 Å². The molecule has 2 heterocycles. The maximum atomic E-state index is 11.7. The van der Waals surface area contributed by atoms with Gasteiger partial charge >= 0.3 is 5.97 Å². The number of thiophene rings is 1. The number of hydrogen-bond donors (Lipinski definition) is 1. The standard InChI is InChI=1S/C18H19Cl2NO2S/c1-2-11-8-9-15(24-11)17(12-5-3-6-13(19)16(12)20)21-10-4-7-14(21)18(22)23/h3,5-6,8-9,14,17H,2,4,7,10H2,1H3,(H,22,23). The van der Waals surface area contributed by atoms with Gasteiger partial charge in [-0.15, -0.1) is 11.3 Å². The van der Waals surface area contributed by atoms with E-state index in [1.165, 1.54) is 4.88 Å². The number of carbonyl (C=O) groups is 1. The second kappa shape index (κ2) is 7.44. The lowest BCUT2D eigenvalue weighted by Gasteiger charge is -2.31. The normalized spacial score (nSPS) is 19.5. The van der Waals surface area contributed by atoms with Crippen molar-refractivity contribution in [1.29, 1.82) is 0 Å². The quantitative estimate of drug-likeness (QED) is 0.765. The van der Waals surface area contributed by atoms with Crippen molar-refractivity contribution in [2.24, 2.45) is 0 Å². The number of halogens is 2. The van der Waals surface area contributed by atoms with Gasteiger partial charge < -0.3 is 5.11 Å². The van der Waals surface area contributed by atoms with Crippen molar-refractivity contribution >= 4 is 40.5 Å². The van der Waals surface area contributed by atoms with Crippen molar-refractivity contribution in [3.8, 4) is 0 Å². The molecule has 0 bridgehead atoms. The van der Waals surface area contributed by atoms with Crippen LogP contribution in [0, 0.1) is 0 Å². The molecule has 128 valence electrons. The molecule has 6 heteroatoms. The fraction of sp³-hybridized carbons (Fsp3) is 0.389. The first-order chi connectivity index (χ1) is 11.5. The Bertz CT molecular complexity index is 746. The van der Waals surface area contributed by atoms with Crippen LogP contribution in [-0.2, 0) is 11.2 Å². The molecular weight excluding hydrogens is 365 g/mol. The van der Waals surface area contributed by atoms with E-state index in [9.17, 15) is 9.90 Å². The third kappa shape index (κ3) is 3.33. The summed E-state index contributed by atoms with van der Waals surface area (Å²) in [5, 5.41) is 10.6. The SMILES string of the molecule is CCc1ccc(C(c2cccc(Cl)c2Cl)N2CCCC2C(=O)O)s1. The van der Waals surface area contributed by atoms with E-state index in [0.717, 1.165) is 29.8 Å². The van der Waals surface area contributed by atoms with E-state index in [4.69, 9.17) is 23.2 Å². The molecule has 1 aliphatic rings. The van der Waals surface area contributed by atoms with Crippen LogP contribution in [0.2, 0.25) is 10.0 Å². The Morgan fingerprint density at radius 2 is 2.17 bits per heavy atom. The summed E-state index contributed by atoms with van der Waals surface area (Å²) in [5.41, 5.74) is 0.877. The third-order valence-electron chi connectivity index (χ3n) is 4.49. The van der Waals surface area contributed by atoms with Crippen molar-refractivity contribution in [3.63, 3.8) is 0 Å². The maximum Gasteiger partial charge on any atom is 0.320 e. The number of likely N-dealkylation sites (tertiary alicyclic amines) is 1. The molecule has 3 nitrogen and oxygen atoms in total. The lowest BCUT2D eigenvalue weighted by Crippen LogP contribution is -2.39. The molecule has 0 saturated carbocycles. The van der Waals surface area contributed by atoms with Gasteiger partial charge in [0.05, 0.1) is 16.1 Å². The number of hydrogen-bond acceptors (Lipinski definition) is 3. The molecule has 1 N–H and O–H groups in total. The molecule has 2 aromatic rings. The molecule has 1 saturated heterocycles. The van der Waals surface area contributed by atoms with E-state index in [1.54, 1.807) is 17.4 Å². The van der Waals surface area contributed by atoms with E-state index < -0.39 is 12.0 Å². The smallest absolute Gasteiger partial charge is 0.320 e. The Balaban J connectivity index is 2.10. The van der Waals surface area contributed by atoms with Gasteiger partial charge in [-0.3, -0.25) is 9.69 Å². The van der Waals surface area contributed by atoms with E-state index in [1.807, 2.05) is 17.0 Å². The summed E-state index contributed by atoms with van der Waals surface area (Å²) in [6, 6.07) is 9.11. The number of carboxylic acids is 1. The van der Waals surface area contributed by atoms with Crippen LogP contribution >= 0.6 is 34.5 Å². The second-order valence-corrected chi connectivity index (χ2v) is 7.92. The zero-order valence-corrected chi connectivity index (χ0v) is 15.7. The van der Waals surface area contributed by atoms with Crippen LogP contribution in [0.3, 0.4) is 0 Å². The molecule has 2 atom stereocenters. The molecule has 1 aromatic heterocycles. The third-order valence-corrected chi connectivity index (χ3v) is 6.60. The molecule has 1 aromatic carbocycles. The highest BCUT2D eigenvalue weighted by molar-refractivity contribution is 7.12. The average molecular weight is 384 g/mol. The Labute approximate surface area is 155 Å². The highest BCUT2D eigenvalue weighted by Gasteiger charge is 2.38. The molecule has 3 rings (SSSR count). The van der Waals surface area contributed by atoms with Gasteiger partial charge in [-0.2, -0.15) is 0 Å². The predicted molar refractivity (Wildman–Crippen MR) is 99.4 cm³/mol. The van der Waals surface area contributed by atoms with Crippen molar-refractivity contribution in [2.45, 2.75) is 38.3 Å². The molecule has 2 unspecified atom stereocenters. The first-order valence-electron chi connectivity index (χ1n) is 8.04. The topological polar surface area (TPSA) is 40.5 Å². The first kappa shape index (κ1) is 17.7. The van der Waals surface area contributed by atoms with Crippen LogP contribution in [-0.4, -0.2) is 28.6 Å². The summed E-state index contributed by atoms with van der Waals surface area (Å²) in [6.45, 7) is 2.86. The lowest BCUT2D eigenvalue weighted by atomic mass is 10.0. The monoisotopic (exact) mass is 383 g/mol. The maximum absolute atomic E-state index is 11.7. The van der Waals surface area contributed by atoms with Gasteiger partial charge in [0.2, 0.25) is 0 Å². The van der Waals surface area contributed by atoms with Gasteiger partial charge in [-0.1, -0.05) is 42.3 Å². The van der Waals surface area contributed by atoms with E-state index in [0.29, 0.717) is 16.5 Å². The molecule has 1 aliphatic heterocycles. The molecule has 0 aliphatic carbocycles. The summed E-state index contributed by atoms with van der Waals surface area (Å²) in [7, 11) is 0. The van der Waals surface area contributed by atoms with Crippen LogP contribution in [0.1, 0.15) is 41.1 Å². The van der Waals surface area contributed by atoms with Crippen molar-refractivity contribution in [2.75, 3.05) is 6.54 Å². The van der Waals surface area contributed by atoms with Crippen molar-refractivity contribution in [1.82, 2.24) is 4.90 Å².